The molecule has 0 heterocycles. The van der Waals surface area contributed by atoms with Crippen LogP contribution in [0.15, 0.2) is 23.1 Å². The van der Waals surface area contributed by atoms with E-state index in [0.717, 1.165) is 0 Å². The summed E-state index contributed by atoms with van der Waals surface area (Å²) >= 11 is 11.1. The number of rotatable bonds is 1. The quantitative estimate of drug-likeness (QED) is 0.739. The van der Waals surface area contributed by atoms with Crippen LogP contribution in [0.3, 0.4) is 0 Å². The molecule has 0 radical (unpaired) electrons. The van der Waals surface area contributed by atoms with Crippen molar-refractivity contribution in [3.63, 3.8) is 0 Å². The molecule has 0 saturated carbocycles. The first-order valence-electron chi connectivity index (χ1n) is 2.81. The molecule has 0 N–H and O–H groups in total. The third-order valence-corrected chi connectivity index (χ3v) is 3.47. The average Bonchev–Trinajstić information content (AvgIpc) is 1.92. The van der Waals surface area contributed by atoms with E-state index >= 15 is 0 Å². The predicted molar refractivity (Wildman–Crippen MR) is 64.0 cm³/mol. The SMILES string of the molecule is Cl.Cl.O=S(=O)(Cl)c1cccc(Cl)c1Cl. The molecule has 0 fully saturated rings. The summed E-state index contributed by atoms with van der Waals surface area (Å²) in [6.45, 7) is 0. The molecule has 8 heteroatoms. The molecule has 82 valence electrons. The maximum Gasteiger partial charge on any atom is 0.262 e. The van der Waals surface area contributed by atoms with Crippen LogP contribution in [-0.4, -0.2) is 8.42 Å². The van der Waals surface area contributed by atoms with E-state index in [1.165, 1.54) is 18.2 Å². The Balaban J connectivity index is 0. The highest BCUT2D eigenvalue weighted by Crippen LogP contribution is 2.30. The number of hydrogen-bond acceptors (Lipinski definition) is 2. The molecule has 0 unspecified atom stereocenters. The van der Waals surface area contributed by atoms with Gasteiger partial charge in [0, 0.05) is 10.7 Å². The Morgan fingerprint density at radius 3 is 1.93 bits per heavy atom. The van der Waals surface area contributed by atoms with E-state index in [4.69, 9.17) is 33.9 Å². The van der Waals surface area contributed by atoms with Gasteiger partial charge in [0.25, 0.3) is 9.05 Å². The highest BCUT2D eigenvalue weighted by atomic mass is 35.7. The van der Waals surface area contributed by atoms with Gasteiger partial charge >= 0.3 is 0 Å². The molecule has 0 amide bonds. The smallest absolute Gasteiger partial charge is 0.207 e. The second-order valence-corrected chi connectivity index (χ2v) is 5.31. The molecule has 1 rings (SSSR count). The van der Waals surface area contributed by atoms with Gasteiger partial charge in [0.1, 0.15) is 4.90 Å². The van der Waals surface area contributed by atoms with E-state index in [2.05, 4.69) is 0 Å². The fraction of sp³-hybridized carbons (Fsp3) is 0. The van der Waals surface area contributed by atoms with Gasteiger partial charge in [0.2, 0.25) is 0 Å². The van der Waals surface area contributed by atoms with Crippen molar-refractivity contribution in [3.05, 3.63) is 28.2 Å². The molecule has 0 aliphatic rings. The summed E-state index contributed by atoms with van der Waals surface area (Å²) in [5, 5.41) is 0.118. The number of halogens is 5. The Hall–Kier alpha value is 0.620. The summed E-state index contributed by atoms with van der Waals surface area (Å²) in [6, 6.07) is 4.23. The summed E-state index contributed by atoms with van der Waals surface area (Å²) in [5.41, 5.74) is 0. The number of benzene rings is 1. The molecule has 0 saturated heterocycles. The molecule has 0 atom stereocenters. The lowest BCUT2D eigenvalue weighted by Crippen LogP contribution is -1.91. The van der Waals surface area contributed by atoms with Crippen LogP contribution < -0.4 is 0 Å². The van der Waals surface area contributed by atoms with Crippen molar-refractivity contribution >= 4 is 67.7 Å². The Morgan fingerprint density at radius 1 is 1.07 bits per heavy atom. The van der Waals surface area contributed by atoms with Crippen molar-refractivity contribution in [2.75, 3.05) is 0 Å². The molecular weight excluding hydrogens is 313 g/mol. The molecule has 0 bridgehead atoms. The van der Waals surface area contributed by atoms with Crippen LogP contribution in [-0.2, 0) is 9.05 Å². The van der Waals surface area contributed by atoms with Crippen molar-refractivity contribution in [2.45, 2.75) is 4.90 Å². The van der Waals surface area contributed by atoms with Gasteiger partial charge in [-0.25, -0.2) is 8.42 Å². The predicted octanol–water partition coefficient (Wildman–Crippen LogP) is 3.76. The van der Waals surface area contributed by atoms with Gasteiger partial charge in [-0.1, -0.05) is 29.3 Å². The van der Waals surface area contributed by atoms with E-state index in [-0.39, 0.29) is 39.8 Å². The van der Waals surface area contributed by atoms with Gasteiger partial charge in [0.15, 0.2) is 0 Å². The summed E-state index contributed by atoms with van der Waals surface area (Å²) < 4.78 is 21.7. The third kappa shape index (κ3) is 4.01. The zero-order valence-corrected chi connectivity index (χ0v) is 11.1. The Morgan fingerprint density at radius 2 is 1.57 bits per heavy atom. The van der Waals surface area contributed by atoms with Crippen LogP contribution in [0.1, 0.15) is 0 Å². The van der Waals surface area contributed by atoms with E-state index < -0.39 is 9.05 Å². The Labute approximate surface area is 109 Å². The molecule has 1 aromatic carbocycles. The van der Waals surface area contributed by atoms with Crippen LogP contribution in [0.25, 0.3) is 0 Å². The third-order valence-electron chi connectivity index (χ3n) is 1.18. The minimum Gasteiger partial charge on any atom is -0.207 e. The van der Waals surface area contributed by atoms with Crippen molar-refractivity contribution in [2.24, 2.45) is 0 Å². The highest BCUT2D eigenvalue weighted by molar-refractivity contribution is 8.13. The van der Waals surface area contributed by atoms with E-state index in [1.807, 2.05) is 0 Å². The molecule has 2 nitrogen and oxygen atoms in total. The van der Waals surface area contributed by atoms with E-state index in [1.54, 1.807) is 0 Å². The Kier molecular flexibility index (Phi) is 7.61. The summed E-state index contributed by atoms with van der Waals surface area (Å²) in [7, 11) is 1.26. The van der Waals surface area contributed by atoms with Gasteiger partial charge < -0.3 is 0 Å². The van der Waals surface area contributed by atoms with Crippen molar-refractivity contribution in [1.82, 2.24) is 0 Å². The molecule has 0 aliphatic heterocycles. The zero-order valence-electron chi connectivity index (χ0n) is 6.41. The van der Waals surface area contributed by atoms with Crippen molar-refractivity contribution in [1.29, 1.82) is 0 Å². The first-order chi connectivity index (χ1) is 5.43. The van der Waals surface area contributed by atoms with Crippen LogP contribution in [0.5, 0.6) is 0 Å². The molecular formula is C6H5Cl5O2S. The largest absolute Gasteiger partial charge is 0.262 e. The monoisotopic (exact) mass is 316 g/mol. The molecule has 0 aliphatic carbocycles. The summed E-state index contributed by atoms with van der Waals surface area (Å²) in [4.78, 5) is -0.168. The standard InChI is InChI=1S/C6H3Cl3O2S.2ClH/c7-4-2-1-3-5(6(4)8)12(9,10)11;;/h1-3H;2*1H. The minimum absolute atomic E-state index is 0. The molecule has 0 spiro atoms. The van der Waals surface area contributed by atoms with Gasteiger partial charge in [-0.2, -0.15) is 0 Å². The van der Waals surface area contributed by atoms with Crippen molar-refractivity contribution in [3.8, 4) is 0 Å². The van der Waals surface area contributed by atoms with Gasteiger partial charge in [-0.3, -0.25) is 0 Å². The topological polar surface area (TPSA) is 34.1 Å². The fourth-order valence-electron chi connectivity index (χ4n) is 0.672. The maximum absolute atomic E-state index is 10.8. The fourth-order valence-corrected chi connectivity index (χ4v) is 2.40. The highest BCUT2D eigenvalue weighted by Gasteiger charge is 2.15. The molecule has 14 heavy (non-hydrogen) atoms. The molecule has 0 aromatic heterocycles. The molecule has 1 aromatic rings. The van der Waals surface area contributed by atoms with Gasteiger partial charge in [0.05, 0.1) is 10.0 Å². The average molecular weight is 318 g/mol. The van der Waals surface area contributed by atoms with Crippen LogP contribution in [0, 0.1) is 0 Å². The second-order valence-electron chi connectivity index (χ2n) is 1.99. The van der Waals surface area contributed by atoms with Crippen LogP contribution >= 0.6 is 58.7 Å². The van der Waals surface area contributed by atoms with E-state index in [0.29, 0.717) is 0 Å². The normalized spacial score (nSPS) is 9.93. The number of hydrogen-bond donors (Lipinski definition) is 0. The van der Waals surface area contributed by atoms with Crippen LogP contribution in [0.2, 0.25) is 10.0 Å². The summed E-state index contributed by atoms with van der Waals surface area (Å²) in [5.74, 6) is 0. The van der Waals surface area contributed by atoms with E-state index in [9.17, 15) is 8.42 Å². The first-order valence-corrected chi connectivity index (χ1v) is 5.88. The lowest BCUT2D eigenvalue weighted by atomic mass is 10.4. The summed E-state index contributed by atoms with van der Waals surface area (Å²) in [6.07, 6.45) is 0. The van der Waals surface area contributed by atoms with Crippen LogP contribution in [0.4, 0.5) is 0 Å². The van der Waals surface area contributed by atoms with Gasteiger partial charge in [-0.05, 0) is 12.1 Å². The Bertz CT molecular complexity index is 403. The minimum atomic E-state index is -3.80. The lowest BCUT2D eigenvalue weighted by molar-refractivity contribution is 0.609. The zero-order chi connectivity index (χ0) is 9.35. The lowest BCUT2D eigenvalue weighted by Gasteiger charge is -1.99. The second kappa shape index (κ2) is 6.26. The first kappa shape index (κ1) is 17.0. The van der Waals surface area contributed by atoms with Crippen molar-refractivity contribution < 1.29 is 8.42 Å². The maximum atomic E-state index is 10.8. The van der Waals surface area contributed by atoms with Gasteiger partial charge in [-0.15, -0.1) is 24.8 Å².